The van der Waals surface area contributed by atoms with Crippen LogP contribution in [0.5, 0.6) is 5.75 Å². The van der Waals surface area contributed by atoms with Crippen LogP contribution in [0.15, 0.2) is 24.5 Å². The first-order valence-corrected chi connectivity index (χ1v) is 4.35. The molecule has 15 heavy (non-hydrogen) atoms. The molecule has 3 nitrogen and oxygen atoms in total. The van der Waals surface area contributed by atoms with Crippen LogP contribution in [0.1, 0.15) is 20.3 Å². The Morgan fingerprint density at radius 1 is 1.53 bits per heavy atom. The van der Waals surface area contributed by atoms with E-state index < -0.39 is 0 Å². The molecule has 1 atom stereocenters. The zero-order valence-electron chi connectivity index (χ0n) is 8.67. The molecule has 0 saturated heterocycles. The Balaban J connectivity index is 0. The fraction of sp³-hybridized carbons (Fsp3) is 0.400. The van der Waals surface area contributed by atoms with E-state index in [0.29, 0.717) is 5.75 Å². The van der Waals surface area contributed by atoms with Crippen LogP contribution < -0.4 is 4.74 Å². The summed E-state index contributed by atoms with van der Waals surface area (Å²) in [6.07, 6.45) is 3.96. The highest BCUT2D eigenvalue weighted by molar-refractivity contribution is 5.85. The Morgan fingerprint density at radius 2 is 2.20 bits per heavy atom. The van der Waals surface area contributed by atoms with E-state index in [9.17, 15) is 4.79 Å². The summed E-state index contributed by atoms with van der Waals surface area (Å²) in [4.78, 5) is 15.1. The molecule has 0 saturated carbocycles. The summed E-state index contributed by atoms with van der Waals surface area (Å²) in [7, 11) is 0. The van der Waals surface area contributed by atoms with Crippen molar-refractivity contribution in [2.75, 3.05) is 0 Å². The SMILES string of the molecule is CCC(C)C(=O)Oc1cccnc1.Cl.Cl. The van der Waals surface area contributed by atoms with Crippen LogP contribution in [0.2, 0.25) is 0 Å². The molecule has 0 amide bonds. The van der Waals surface area contributed by atoms with E-state index in [0.717, 1.165) is 6.42 Å². The molecule has 5 heteroatoms. The first-order valence-electron chi connectivity index (χ1n) is 4.35. The lowest BCUT2D eigenvalue weighted by Gasteiger charge is -2.07. The summed E-state index contributed by atoms with van der Waals surface area (Å²) in [5.41, 5.74) is 0. The van der Waals surface area contributed by atoms with Crippen molar-refractivity contribution in [2.45, 2.75) is 20.3 Å². The van der Waals surface area contributed by atoms with Crippen molar-refractivity contribution in [3.63, 3.8) is 0 Å². The Morgan fingerprint density at radius 3 is 2.67 bits per heavy atom. The number of rotatable bonds is 3. The highest BCUT2D eigenvalue weighted by Crippen LogP contribution is 2.10. The molecule has 0 N–H and O–H groups in total. The van der Waals surface area contributed by atoms with Crippen molar-refractivity contribution in [2.24, 2.45) is 5.92 Å². The smallest absolute Gasteiger partial charge is 0.314 e. The summed E-state index contributed by atoms with van der Waals surface area (Å²) in [5, 5.41) is 0. The normalized spacial score (nSPS) is 10.5. The minimum absolute atomic E-state index is 0. The maximum Gasteiger partial charge on any atom is 0.314 e. The first kappa shape index (κ1) is 16.6. The molecular formula is C10H15Cl2NO2. The van der Waals surface area contributed by atoms with E-state index in [1.165, 1.54) is 6.20 Å². The van der Waals surface area contributed by atoms with E-state index in [1.807, 2.05) is 13.8 Å². The number of pyridine rings is 1. The quantitative estimate of drug-likeness (QED) is 0.776. The molecule has 1 rings (SSSR count). The van der Waals surface area contributed by atoms with Crippen molar-refractivity contribution in [1.82, 2.24) is 4.98 Å². The Kier molecular flexibility index (Phi) is 9.42. The third-order valence-corrected chi connectivity index (χ3v) is 1.87. The molecule has 1 aromatic rings. The van der Waals surface area contributed by atoms with Gasteiger partial charge in [-0.3, -0.25) is 9.78 Å². The number of ether oxygens (including phenoxy) is 1. The van der Waals surface area contributed by atoms with Gasteiger partial charge in [0.15, 0.2) is 0 Å². The maximum atomic E-state index is 11.3. The highest BCUT2D eigenvalue weighted by Gasteiger charge is 2.12. The fourth-order valence-corrected chi connectivity index (χ4v) is 0.791. The Hall–Kier alpha value is -0.800. The lowest BCUT2D eigenvalue weighted by molar-refractivity contribution is -0.138. The largest absolute Gasteiger partial charge is 0.425 e. The highest BCUT2D eigenvalue weighted by atomic mass is 35.5. The molecule has 0 aliphatic carbocycles. The van der Waals surface area contributed by atoms with Gasteiger partial charge in [-0.2, -0.15) is 0 Å². The van der Waals surface area contributed by atoms with Crippen LogP contribution >= 0.6 is 24.8 Å². The molecule has 0 bridgehead atoms. The summed E-state index contributed by atoms with van der Waals surface area (Å²) in [6, 6.07) is 3.45. The summed E-state index contributed by atoms with van der Waals surface area (Å²) in [5.74, 6) is 0.253. The third kappa shape index (κ3) is 5.60. The average Bonchev–Trinajstić information content (AvgIpc) is 2.18. The van der Waals surface area contributed by atoms with Crippen molar-refractivity contribution in [3.8, 4) is 5.75 Å². The van der Waals surface area contributed by atoms with Gasteiger partial charge in [0, 0.05) is 6.20 Å². The zero-order chi connectivity index (χ0) is 9.68. The second kappa shape index (κ2) is 8.50. The Labute approximate surface area is 102 Å². The van der Waals surface area contributed by atoms with Gasteiger partial charge in [0.05, 0.1) is 12.1 Å². The van der Waals surface area contributed by atoms with Gasteiger partial charge in [-0.25, -0.2) is 0 Å². The minimum atomic E-state index is -0.199. The number of esters is 1. The molecule has 0 fully saturated rings. The van der Waals surface area contributed by atoms with Gasteiger partial charge >= 0.3 is 5.97 Å². The number of carbonyl (C=O) groups excluding carboxylic acids is 1. The molecule has 1 heterocycles. The van der Waals surface area contributed by atoms with Crippen LogP contribution in [0.3, 0.4) is 0 Å². The predicted octanol–water partition coefficient (Wildman–Crippen LogP) is 2.88. The van der Waals surface area contributed by atoms with Crippen molar-refractivity contribution in [1.29, 1.82) is 0 Å². The first-order chi connectivity index (χ1) is 6.24. The van der Waals surface area contributed by atoms with Crippen LogP contribution in [0.25, 0.3) is 0 Å². The van der Waals surface area contributed by atoms with Crippen molar-refractivity contribution in [3.05, 3.63) is 24.5 Å². The number of halogens is 2. The second-order valence-electron chi connectivity index (χ2n) is 2.92. The summed E-state index contributed by atoms with van der Waals surface area (Å²) >= 11 is 0. The number of aromatic nitrogens is 1. The Bertz CT molecular complexity index is 280. The van der Waals surface area contributed by atoms with E-state index in [1.54, 1.807) is 18.3 Å². The molecular weight excluding hydrogens is 237 g/mol. The molecule has 0 aliphatic heterocycles. The molecule has 1 unspecified atom stereocenters. The molecule has 86 valence electrons. The lowest BCUT2D eigenvalue weighted by atomic mass is 10.1. The standard InChI is InChI=1S/C10H13NO2.2ClH/c1-3-8(2)10(12)13-9-5-4-6-11-7-9;;/h4-8H,3H2,1-2H3;2*1H. The maximum absolute atomic E-state index is 11.3. The van der Waals surface area contributed by atoms with E-state index >= 15 is 0 Å². The minimum Gasteiger partial charge on any atom is -0.425 e. The second-order valence-corrected chi connectivity index (χ2v) is 2.92. The number of nitrogens with zero attached hydrogens (tertiary/aromatic N) is 1. The predicted molar refractivity (Wildman–Crippen MR) is 63.8 cm³/mol. The number of hydrogen-bond acceptors (Lipinski definition) is 3. The van der Waals surface area contributed by atoms with Crippen LogP contribution in [0.4, 0.5) is 0 Å². The van der Waals surface area contributed by atoms with Crippen LogP contribution in [0, 0.1) is 5.92 Å². The van der Waals surface area contributed by atoms with Gasteiger partial charge in [-0.05, 0) is 18.6 Å². The fourth-order valence-electron chi connectivity index (χ4n) is 0.791. The zero-order valence-corrected chi connectivity index (χ0v) is 10.3. The van der Waals surface area contributed by atoms with Crippen LogP contribution in [-0.4, -0.2) is 11.0 Å². The number of carbonyl (C=O) groups is 1. The third-order valence-electron chi connectivity index (χ3n) is 1.87. The molecule has 0 spiro atoms. The van der Waals surface area contributed by atoms with Gasteiger partial charge in [-0.1, -0.05) is 13.8 Å². The molecule has 1 aromatic heterocycles. The number of hydrogen-bond donors (Lipinski definition) is 0. The summed E-state index contributed by atoms with van der Waals surface area (Å²) in [6.45, 7) is 3.80. The van der Waals surface area contributed by atoms with Gasteiger partial charge < -0.3 is 4.74 Å². The van der Waals surface area contributed by atoms with Crippen LogP contribution in [-0.2, 0) is 4.79 Å². The average molecular weight is 252 g/mol. The van der Waals surface area contributed by atoms with E-state index in [2.05, 4.69) is 4.98 Å². The van der Waals surface area contributed by atoms with E-state index in [-0.39, 0.29) is 36.7 Å². The van der Waals surface area contributed by atoms with Gasteiger partial charge in [0.2, 0.25) is 0 Å². The lowest BCUT2D eigenvalue weighted by Crippen LogP contribution is -2.16. The molecule has 0 radical (unpaired) electrons. The monoisotopic (exact) mass is 251 g/mol. The van der Waals surface area contributed by atoms with Gasteiger partial charge in [-0.15, -0.1) is 24.8 Å². The molecule has 0 aromatic carbocycles. The topological polar surface area (TPSA) is 39.2 Å². The van der Waals surface area contributed by atoms with Gasteiger partial charge in [0.1, 0.15) is 5.75 Å². The van der Waals surface area contributed by atoms with Crippen molar-refractivity contribution >= 4 is 30.8 Å². The van der Waals surface area contributed by atoms with Gasteiger partial charge in [0.25, 0.3) is 0 Å². The summed E-state index contributed by atoms with van der Waals surface area (Å²) < 4.78 is 5.07. The molecule has 0 aliphatic rings. The van der Waals surface area contributed by atoms with E-state index in [4.69, 9.17) is 4.74 Å². The van der Waals surface area contributed by atoms with Crippen molar-refractivity contribution < 1.29 is 9.53 Å².